The summed E-state index contributed by atoms with van der Waals surface area (Å²) in [5, 5.41) is 5.62. The number of halogens is 6. The molecular weight excluding hydrogens is 404 g/mol. The Labute approximate surface area is 158 Å². The molecule has 0 atom stereocenters. The molecule has 0 fully saturated rings. The second kappa shape index (κ2) is 7.18. The molecule has 3 rings (SSSR count). The van der Waals surface area contributed by atoms with Crippen molar-refractivity contribution in [1.82, 2.24) is 19.6 Å². The number of alkyl halides is 6. The van der Waals surface area contributed by atoms with Gasteiger partial charge in [-0.25, -0.2) is 4.52 Å². The molecule has 0 aliphatic carbocycles. The Morgan fingerprint density at radius 1 is 1.07 bits per heavy atom. The zero-order valence-electron chi connectivity index (χ0n) is 14.5. The molecule has 1 aromatic carbocycles. The second-order valence-electron chi connectivity index (χ2n) is 5.87. The van der Waals surface area contributed by atoms with Crippen molar-refractivity contribution in [3.8, 4) is 0 Å². The minimum absolute atomic E-state index is 0.0881. The van der Waals surface area contributed by atoms with Crippen molar-refractivity contribution in [3.63, 3.8) is 0 Å². The van der Waals surface area contributed by atoms with E-state index < -0.39 is 29.6 Å². The van der Waals surface area contributed by atoms with Gasteiger partial charge in [0, 0.05) is 17.8 Å². The normalized spacial score (nSPS) is 12.7. The third-order valence-corrected chi connectivity index (χ3v) is 3.64. The number of aryl methyl sites for hydroxylation is 1. The smallest absolute Gasteiger partial charge is 0.307 e. The number of nitrogens with one attached hydrogen (secondary N) is 1. The van der Waals surface area contributed by atoms with E-state index in [9.17, 15) is 31.1 Å². The van der Waals surface area contributed by atoms with Crippen LogP contribution in [0.1, 0.15) is 22.6 Å². The van der Waals surface area contributed by atoms with Gasteiger partial charge in [0.2, 0.25) is 5.91 Å². The SMILES string of the molecule is Cc1cc(NC(=O)C=Cc2cccc(C(F)(F)F)c2)nc2nc(C(F)(F)F)nn12. The van der Waals surface area contributed by atoms with Crippen LogP contribution in [0.2, 0.25) is 0 Å². The monoisotopic (exact) mass is 415 g/mol. The van der Waals surface area contributed by atoms with Gasteiger partial charge in [0.05, 0.1) is 5.56 Å². The van der Waals surface area contributed by atoms with Crippen molar-refractivity contribution in [2.75, 3.05) is 5.32 Å². The summed E-state index contributed by atoms with van der Waals surface area (Å²) in [4.78, 5) is 19.1. The Bertz CT molecular complexity index is 1100. The maximum absolute atomic E-state index is 12.7. The number of hydrogen-bond donors (Lipinski definition) is 1. The minimum Gasteiger partial charge on any atom is -0.307 e. The summed E-state index contributed by atoms with van der Waals surface area (Å²) in [6, 6.07) is 5.61. The average molecular weight is 415 g/mol. The van der Waals surface area contributed by atoms with Crippen molar-refractivity contribution in [3.05, 3.63) is 59.1 Å². The van der Waals surface area contributed by atoms with E-state index in [2.05, 4.69) is 20.4 Å². The zero-order valence-corrected chi connectivity index (χ0v) is 14.5. The number of carbonyl (C=O) groups excluding carboxylic acids is 1. The van der Waals surface area contributed by atoms with Crippen LogP contribution in [0.5, 0.6) is 0 Å². The summed E-state index contributed by atoms with van der Waals surface area (Å²) in [6.07, 6.45) is -7.13. The van der Waals surface area contributed by atoms with E-state index in [1.165, 1.54) is 25.1 Å². The predicted molar refractivity (Wildman–Crippen MR) is 89.6 cm³/mol. The van der Waals surface area contributed by atoms with Gasteiger partial charge in [-0.05, 0) is 30.7 Å². The number of hydrogen-bond acceptors (Lipinski definition) is 4. The van der Waals surface area contributed by atoms with Gasteiger partial charge in [-0.15, -0.1) is 5.10 Å². The average Bonchev–Trinajstić information content (AvgIpc) is 3.05. The van der Waals surface area contributed by atoms with Crippen molar-refractivity contribution in [1.29, 1.82) is 0 Å². The largest absolute Gasteiger partial charge is 0.453 e. The number of anilines is 1. The number of rotatable bonds is 3. The topological polar surface area (TPSA) is 72.2 Å². The van der Waals surface area contributed by atoms with Gasteiger partial charge < -0.3 is 5.32 Å². The lowest BCUT2D eigenvalue weighted by Gasteiger charge is -2.06. The Balaban J connectivity index is 1.79. The maximum atomic E-state index is 12.7. The molecule has 1 amide bonds. The third kappa shape index (κ3) is 4.70. The molecular formula is C17H11F6N5O. The Kier molecular flexibility index (Phi) is 5.03. The molecule has 2 heterocycles. The lowest BCUT2D eigenvalue weighted by Crippen LogP contribution is -2.11. The number of benzene rings is 1. The lowest BCUT2D eigenvalue weighted by atomic mass is 10.1. The summed E-state index contributed by atoms with van der Waals surface area (Å²) < 4.78 is 77.1. The van der Waals surface area contributed by atoms with Crippen molar-refractivity contribution in [2.24, 2.45) is 0 Å². The van der Waals surface area contributed by atoms with Gasteiger partial charge in [0.25, 0.3) is 11.6 Å². The van der Waals surface area contributed by atoms with E-state index in [4.69, 9.17) is 0 Å². The van der Waals surface area contributed by atoms with Gasteiger partial charge in [-0.1, -0.05) is 12.1 Å². The second-order valence-corrected chi connectivity index (χ2v) is 5.87. The van der Waals surface area contributed by atoms with Crippen LogP contribution in [0, 0.1) is 6.92 Å². The van der Waals surface area contributed by atoms with E-state index in [-0.39, 0.29) is 22.9 Å². The fourth-order valence-electron chi connectivity index (χ4n) is 2.35. The summed E-state index contributed by atoms with van der Waals surface area (Å²) in [5.74, 6) is -2.57. The molecule has 0 spiro atoms. The number of amides is 1. The van der Waals surface area contributed by atoms with Crippen LogP contribution < -0.4 is 5.32 Å². The van der Waals surface area contributed by atoms with E-state index >= 15 is 0 Å². The molecule has 3 aromatic rings. The standard InChI is InChI=1S/C17H11F6N5O/c1-9-7-12(25-15-26-14(17(21,22)23)27-28(9)15)24-13(29)6-5-10-3-2-4-11(8-10)16(18,19)20/h2-8H,1H3,(H,24,25,26,27,29). The first-order valence-corrected chi connectivity index (χ1v) is 7.91. The predicted octanol–water partition coefficient (Wildman–Crippen LogP) is 4.12. The molecule has 152 valence electrons. The van der Waals surface area contributed by atoms with E-state index in [0.29, 0.717) is 0 Å². The van der Waals surface area contributed by atoms with Crippen LogP contribution in [0.3, 0.4) is 0 Å². The van der Waals surface area contributed by atoms with Crippen LogP contribution in [0.25, 0.3) is 11.9 Å². The molecule has 0 radical (unpaired) electrons. The molecule has 0 aliphatic heterocycles. The van der Waals surface area contributed by atoms with Crippen LogP contribution in [-0.2, 0) is 17.1 Å². The molecule has 29 heavy (non-hydrogen) atoms. The summed E-state index contributed by atoms with van der Waals surface area (Å²) in [5.41, 5.74) is -0.493. The molecule has 0 unspecified atom stereocenters. The highest BCUT2D eigenvalue weighted by atomic mass is 19.4. The first kappa shape index (κ1) is 20.3. The molecule has 1 N–H and O–H groups in total. The first-order valence-electron chi connectivity index (χ1n) is 7.91. The van der Waals surface area contributed by atoms with E-state index in [1.807, 2.05) is 0 Å². The molecule has 0 bridgehead atoms. The van der Waals surface area contributed by atoms with Gasteiger partial charge in [0.1, 0.15) is 5.82 Å². The van der Waals surface area contributed by atoms with E-state index in [1.54, 1.807) is 0 Å². The van der Waals surface area contributed by atoms with Gasteiger partial charge in [0.15, 0.2) is 0 Å². The quantitative estimate of drug-likeness (QED) is 0.516. The Hall–Kier alpha value is -3.44. The number of nitrogens with zero attached hydrogens (tertiary/aromatic N) is 4. The summed E-state index contributed by atoms with van der Waals surface area (Å²) >= 11 is 0. The maximum Gasteiger partial charge on any atom is 0.453 e. The van der Waals surface area contributed by atoms with E-state index in [0.717, 1.165) is 28.8 Å². The van der Waals surface area contributed by atoms with Crippen LogP contribution >= 0.6 is 0 Å². The number of aromatic nitrogens is 4. The molecule has 2 aromatic heterocycles. The number of carbonyl (C=O) groups is 1. The fraction of sp³-hybridized carbons (Fsp3) is 0.176. The highest BCUT2D eigenvalue weighted by Gasteiger charge is 2.36. The van der Waals surface area contributed by atoms with Gasteiger partial charge >= 0.3 is 12.4 Å². The lowest BCUT2D eigenvalue weighted by molar-refractivity contribution is -0.144. The fourth-order valence-corrected chi connectivity index (χ4v) is 2.35. The Morgan fingerprint density at radius 2 is 1.79 bits per heavy atom. The summed E-state index contributed by atoms with van der Waals surface area (Å²) in [6.45, 7) is 1.44. The van der Waals surface area contributed by atoms with Crippen LogP contribution in [-0.4, -0.2) is 25.5 Å². The molecule has 6 nitrogen and oxygen atoms in total. The van der Waals surface area contributed by atoms with Crippen molar-refractivity contribution in [2.45, 2.75) is 19.3 Å². The van der Waals surface area contributed by atoms with Crippen molar-refractivity contribution < 1.29 is 31.1 Å². The molecule has 0 saturated heterocycles. The highest BCUT2D eigenvalue weighted by molar-refractivity contribution is 6.01. The number of fused-ring (bicyclic) bond motifs is 1. The van der Waals surface area contributed by atoms with Crippen LogP contribution in [0.4, 0.5) is 32.2 Å². The van der Waals surface area contributed by atoms with Crippen LogP contribution in [0.15, 0.2) is 36.4 Å². The van der Waals surface area contributed by atoms with Gasteiger partial charge in [-0.2, -0.15) is 36.3 Å². The molecule has 0 saturated carbocycles. The molecule has 0 aliphatic rings. The summed E-state index contributed by atoms with van der Waals surface area (Å²) in [7, 11) is 0. The minimum atomic E-state index is -4.75. The zero-order chi connectivity index (χ0) is 21.4. The molecule has 12 heteroatoms. The van der Waals surface area contributed by atoms with Crippen molar-refractivity contribution >= 4 is 23.6 Å². The Morgan fingerprint density at radius 3 is 2.45 bits per heavy atom. The third-order valence-electron chi connectivity index (χ3n) is 3.64. The van der Waals surface area contributed by atoms with Gasteiger partial charge in [-0.3, -0.25) is 4.79 Å². The highest BCUT2D eigenvalue weighted by Crippen LogP contribution is 2.30. The first-order chi connectivity index (χ1) is 13.4.